The van der Waals surface area contributed by atoms with Crippen LogP contribution in [-0.2, 0) is 7.05 Å². The highest BCUT2D eigenvalue weighted by Gasteiger charge is 2.13. The van der Waals surface area contributed by atoms with Crippen LogP contribution in [0.3, 0.4) is 0 Å². The molecule has 4 nitrogen and oxygen atoms in total. The molecule has 0 aliphatic rings. The van der Waals surface area contributed by atoms with Crippen LogP contribution in [-0.4, -0.2) is 27.8 Å². The lowest BCUT2D eigenvalue weighted by Gasteiger charge is -2.10. The molecule has 0 fully saturated rings. The predicted molar refractivity (Wildman–Crippen MR) is 102 cm³/mol. The van der Waals surface area contributed by atoms with Gasteiger partial charge in [-0.2, -0.15) is 0 Å². The summed E-state index contributed by atoms with van der Waals surface area (Å²) in [5, 5.41) is 13.5. The second-order valence-corrected chi connectivity index (χ2v) is 6.84. The van der Waals surface area contributed by atoms with Gasteiger partial charge in [-0.25, -0.2) is 0 Å². The Balaban J connectivity index is 2.25. The largest absolute Gasteiger partial charge is 0.396 e. The minimum Gasteiger partial charge on any atom is -0.396 e. The monoisotopic (exact) mass is 383 g/mol. The van der Waals surface area contributed by atoms with Crippen molar-refractivity contribution in [3.05, 3.63) is 52.3 Å². The van der Waals surface area contributed by atoms with Crippen LogP contribution in [0.15, 0.2) is 51.9 Å². The number of hydrogen-bond donors (Lipinski definition) is 2. The predicted octanol–water partition coefficient (Wildman–Crippen LogP) is 3.86. The highest BCUT2D eigenvalue weighted by molar-refractivity contribution is 9.10. The number of aromatic nitrogens is 2. The number of nitrogens with zero attached hydrogens (tertiary/aromatic N) is 2. The average Bonchev–Trinajstić information content (AvgIpc) is 2.97. The van der Waals surface area contributed by atoms with Gasteiger partial charge in [0.25, 0.3) is 0 Å². The summed E-state index contributed by atoms with van der Waals surface area (Å²) < 4.78 is 3.22. The molecule has 0 aliphatic carbocycles. The first kappa shape index (κ1) is 15.4. The molecule has 2 N–H and O–H groups in total. The standard InChI is InChI=1S/C19H18BrN3O/c1-23-16-8-7-12(20)11-14(16)18(21-9-4-10-24)17-13-5-2-3-6-15(13)22-19(17)23/h2-3,5-8,11,22,24H,4,9-10H2,1H3. The molecule has 0 radical (unpaired) electrons. The van der Waals surface area contributed by atoms with Gasteiger partial charge in [-0.3, -0.25) is 4.99 Å². The summed E-state index contributed by atoms with van der Waals surface area (Å²) in [7, 11) is 2.07. The molecule has 5 heteroatoms. The third-order valence-corrected chi connectivity index (χ3v) is 4.91. The number of hydrogen-bond acceptors (Lipinski definition) is 2. The lowest BCUT2D eigenvalue weighted by molar-refractivity contribution is 0.291. The van der Waals surface area contributed by atoms with Crippen molar-refractivity contribution in [1.82, 2.24) is 9.55 Å². The van der Waals surface area contributed by atoms with Crippen LogP contribution in [0.1, 0.15) is 6.42 Å². The second kappa shape index (κ2) is 6.07. The Morgan fingerprint density at radius 2 is 2.00 bits per heavy atom. The lowest BCUT2D eigenvalue weighted by atomic mass is 10.1. The molecule has 0 spiro atoms. The molecule has 2 heterocycles. The number of H-pyrrole nitrogens is 1. The topological polar surface area (TPSA) is 53.3 Å². The van der Waals surface area contributed by atoms with E-state index in [1.807, 2.05) is 12.1 Å². The van der Waals surface area contributed by atoms with Crippen LogP contribution >= 0.6 is 15.9 Å². The van der Waals surface area contributed by atoms with E-state index in [2.05, 4.69) is 62.9 Å². The van der Waals surface area contributed by atoms with E-state index in [9.17, 15) is 0 Å². The second-order valence-electron chi connectivity index (χ2n) is 5.92. The smallest absolute Gasteiger partial charge is 0.120 e. The number of halogens is 1. The summed E-state index contributed by atoms with van der Waals surface area (Å²) in [5.74, 6) is 0. The first-order valence-corrected chi connectivity index (χ1v) is 8.80. The first-order valence-electron chi connectivity index (χ1n) is 8.00. The van der Waals surface area contributed by atoms with Gasteiger partial charge in [0, 0.05) is 41.0 Å². The van der Waals surface area contributed by atoms with E-state index >= 15 is 0 Å². The molecular formula is C19H18BrN3O. The maximum atomic E-state index is 9.11. The van der Waals surface area contributed by atoms with Crippen LogP contribution in [0.4, 0.5) is 0 Å². The summed E-state index contributed by atoms with van der Waals surface area (Å²) in [6.07, 6.45) is 0.667. The van der Waals surface area contributed by atoms with Crippen molar-refractivity contribution in [2.75, 3.05) is 13.2 Å². The van der Waals surface area contributed by atoms with Gasteiger partial charge in [-0.1, -0.05) is 34.1 Å². The fourth-order valence-electron chi connectivity index (χ4n) is 3.29. The number of aromatic amines is 1. The lowest BCUT2D eigenvalue weighted by Crippen LogP contribution is -2.11. The zero-order valence-electron chi connectivity index (χ0n) is 13.4. The van der Waals surface area contributed by atoms with Crippen molar-refractivity contribution in [3.8, 4) is 0 Å². The van der Waals surface area contributed by atoms with Crippen molar-refractivity contribution in [2.45, 2.75) is 6.42 Å². The number of aliphatic hydroxyl groups is 1. The Morgan fingerprint density at radius 1 is 1.17 bits per heavy atom. The van der Waals surface area contributed by atoms with Crippen LogP contribution in [0.25, 0.3) is 32.8 Å². The van der Waals surface area contributed by atoms with E-state index in [0.717, 1.165) is 37.3 Å². The number of pyridine rings is 1. The fraction of sp³-hybridized carbons (Fsp3) is 0.211. The molecule has 0 aliphatic heterocycles. The van der Waals surface area contributed by atoms with E-state index < -0.39 is 0 Å². The van der Waals surface area contributed by atoms with Crippen molar-refractivity contribution in [2.24, 2.45) is 12.0 Å². The number of fused-ring (bicyclic) bond motifs is 4. The molecule has 0 saturated heterocycles. The molecule has 0 bridgehead atoms. The van der Waals surface area contributed by atoms with Crippen molar-refractivity contribution in [3.63, 3.8) is 0 Å². The fourth-order valence-corrected chi connectivity index (χ4v) is 3.65. The Kier molecular flexibility index (Phi) is 3.90. The quantitative estimate of drug-likeness (QED) is 0.518. The van der Waals surface area contributed by atoms with Crippen molar-refractivity contribution < 1.29 is 5.11 Å². The molecule has 4 rings (SSSR count). The maximum absolute atomic E-state index is 9.11. The normalized spacial score (nSPS) is 12.7. The van der Waals surface area contributed by atoms with Gasteiger partial charge < -0.3 is 14.7 Å². The zero-order chi connectivity index (χ0) is 16.7. The number of benzene rings is 2. The number of aryl methyl sites for hydroxylation is 1. The van der Waals surface area contributed by atoms with Gasteiger partial charge in [0.1, 0.15) is 5.65 Å². The van der Waals surface area contributed by atoms with E-state index in [1.54, 1.807) is 0 Å². The molecule has 0 amide bonds. The highest BCUT2D eigenvalue weighted by Crippen LogP contribution is 2.26. The molecule has 0 saturated carbocycles. The first-order chi connectivity index (χ1) is 11.7. The minimum absolute atomic E-state index is 0.156. The van der Waals surface area contributed by atoms with Crippen LogP contribution in [0.5, 0.6) is 0 Å². The number of rotatable bonds is 3. The number of nitrogens with one attached hydrogen (secondary N) is 1. The highest BCUT2D eigenvalue weighted by atomic mass is 79.9. The van der Waals surface area contributed by atoms with Crippen molar-refractivity contribution >= 4 is 48.8 Å². The summed E-state index contributed by atoms with van der Waals surface area (Å²) in [5.41, 5.74) is 3.30. The molecule has 0 atom stereocenters. The summed E-state index contributed by atoms with van der Waals surface area (Å²) in [6, 6.07) is 14.6. The Hall–Kier alpha value is -2.11. The molecule has 24 heavy (non-hydrogen) atoms. The Labute approximate surface area is 147 Å². The molecule has 4 aromatic rings. The van der Waals surface area contributed by atoms with Gasteiger partial charge in [0.2, 0.25) is 0 Å². The van der Waals surface area contributed by atoms with Gasteiger partial charge in [0.05, 0.1) is 16.3 Å². The van der Waals surface area contributed by atoms with Crippen LogP contribution in [0, 0.1) is 0 Å². The summed E-state index contributed by atoms with van der Waals surface area (Å²) in [6.45, 7) is 0.767. The molecule has 2 aromatic heterocycles. The zero-order valence-corrected chi connectivity index (χ0v) is 15.0. The van der Waals surface area contributed by atoms with E-state index in [4.69, 9.17) is 10.1 Å². The van der Waals surface area contributed by atoms with E-state index in [0.29, 0.717) is 13.0 Å². The Bertz CT molecular complexity index is 1120. The minimum atomic E-state index is 0.156. The number of para-hydroxylation sites is 1. The van der Waals surface area contributed by atoms with Gasteiger partial charge in [0.15, 0.2) is 0 Å². The molecular weight excluding hydrogens is 366 g/mol. The molecule has 122 valence electrons. The van der Waals surface area contributed by atoms with Gasteiger partial charge >= 0.3 is 0 Å². The van der Waals surface area contributed by atoms with E-state index in [1.165, 1.54) is 5.39 Å². The van der Waals surface area contributed by atoms with Crippen LogP contribution in [0.2, 0.25) is 0 Å². The SMILES string of the molecule is Cn1c2ccc(Br)cc2c(=NCCCO)c2c3ccccc3[nH]c21. The molecule has 2 aromatic carbocycles. The summed E-state index contributed by atoms with van der Waals surface area (Å²) in [4.78, 5) is 8.37. The maximum Gasteiger partial charge on any atom is 0.120 e. The average molecular weight is 384 g/mol. The third-order valence-electron chi connectivity index (χ3n) is 4.42. The Morgan fingerprint density at radius 3 is 2.83 bits per heavy atom. The van der Waals surface area contributed by atoms with Gasteiger partial charge in [-0.05, 0) is 30.7 Å². The third kappa shape index (κ3) is 2.36. The van der Waals surface area contributed by atoms with E-state index in [-0.39, 0.29) is 6.61 Å². The van der Waals surface area contributed by atoms with Crippen molar-refractivity contribution in [1.29, 1.82) is 0 Å². The van der Waals surface area contributed by atoms with Crippen LogP contribution < -0.4 is 5.36 Å². The number of aliphatic hydroxyl groups excluding tert-OH is 1. The molecule has 0 unspecified atom stereocenters. The van der Waals surface area contributed by atoms with Gasteiger partial charge in [-0.15, -0.1) is 0 Å². The summed E-state index contributed by atoms with van der Waals surface area (Å²) >= 11 is 3.58.